The molecule has 0 unspecified atom stereocenters. The molecule has 0 fully saturated rings. The zero-order valence-electron chi connectivity index (χ0n) is 15.9. The van der Waals surface area contributed by atoms with Gasteiger partial charge in [-0.3, -0.25) is 9.59 Å². The maximum absolute atomic E-state index is 12.4. The monoisotopic (exact) mass is 455 g/mol. The zero-order valence-corrected chi connectivity index (χ0v) is 18.3. The third kappa shape index (κ3) is 4.78. The van der Waals surface area contributed by atoms with Gasteiger partial charge in [0.2, 0.25) is 5.91 Å². The number of amides is 2. The molecule has 0 aliphatic heterocycles. The molecule has 30 heavy (non-hydrogen) atoms. The Kier molecular flexibility index (Phi) is 6.26. The van der Waals surface area contributed by atoms with Crippen molar-refractivity contribution in [1.29, 1.82) is 0 Å². The lowest BCUT2D eigenvalue weighted by molar-refractivity contribution is -0.113. The first kappa shape index (κ1) is 20.3. The minimum Gasteiger partial charge on any atom is -0.325 e. The molecule has 0 aliphatic rings. The Morgan fingerprint density at radius 2 is 1.77 bits per heavy atom. The van der Waals surface area contributed by atoms with Gasteiger partial charge in [-0.15, -0.1) is 32.9 Å². The number of benzene rings is 1. The second kappa shape index (κ2) is 9.24. The molecule has 1 aromatic carbocycles. The number of carbonyl (C=O) groups is 2. The van der Waals surface area contributed by atoms with Crippen LogP contribution in [0.25, 0.3) is 10.7 Å². The van der Waals surface area contributed by atoms with Gasteiger partial charge in [-0.2, -0.15) is 0 Å². The van der Waals surface area contributed by atoms with Crippen LogP contribution >= 0.6 is 34.4 Å². The van der Waals surface area contributed by atoms with Crippen molar-refractivity contribution in [2.24, 2.45) is 7.05 Å². The van der Waals surface area contributed by atoms with Gasteiger partial charge in [0.1, 0.15) is 0 Å². The molecular weight excluding hydrogens is 438 g/mol. The Labute approximate surface area is 185 Å². The van der Waals surface area contributed by atoms with Crippen molar-refractivity contribution < 1.29 is 9.59 Å². The Morgan fingerprint density at radius 1 is 1.00 bits per heavy atom. The van der Waals surface area contributed by atoms with E-state index in [9.17, 15) is 9.59 Å². The van der Waals surface area contributed by atoms with Gasteiger partial charge in [-0.25, -0.2) is 0 Å². The predicted octanol–water partition coefficient (Wildman–Crippen LogP) is 4.59. The van der Waals surface area contributed by atoms with Crippen molar-refractivity contribution in [3.8, 4) is 10.7 Å². The predicted molar refractivity (Wildman–Crippen MR) is 122 cm³/mol. The zero-order chi connectivity index (χ0) is 20.9. The van der Waals surface area contributed by atoms with E-state index < -0.39 is 0 Å². The Balaban J connectivity index is 1.34. The lowest BCUT2D eigenvalue weighted by atomic mass is 10.2. The Hall–Kier alpha value is -2.95. The number of nitrogens with zero attached hydrogens (tertiary/aromatic N) is 3. The number of hydrogen-bond donors (Lipinski definition) is 2. The minimum atomic E-state index is -0.173. The summed E-state index contributed by atoms with van der Waals surface area (Å²) in [5, 5.41) is 18.6. The summed E-state index contributed by atoms with van der Waals surface area (Å²) in [5.74, 6) is 0.639. The highest BCUT2D eigenvalue weighted by molar-refractivity contribution is 7.99. The molecule has 3 aromatic heterocycles. The summed E-state index contributed by atoms with van der Waals surface area (Å²) in [6, 6.07) is 14.6. The van der Waals surface area contributed by atoms with E-state index in [-0.39, 0.29) is 17.6 Å². The number of hydrogen-bond acceptors (Lipinski definition) is 7. The second-order valence-corrected chi connectivity index (χ2v) is 9.03. The highest BCUT2D eigenvalue weighted by Crippen LogP contribution is 2.26. The molecule has 152 valence electrons. The molecule has 0 bridgehead atoms. The van der Waals surface area contributed by atoms with E-state index in [1.165, 1.54) is 23.1 Å². The molecule has 10 heteroatoms. The minimum absolute atomic E-state index is 0.164. The Morgan fingerprint density at radius 3 is 2.50 bits per heavy atom. The maximum Gasteiger partial charge on any atom is 0.265 e. The van der Waals surface area contributed by atoms with Crippen LogP contribution in [0, 0.1) is 0 Å². The van der Waals surface area contributed by atoms with Gasteiger partial charge in [0, 0.05) is 18.4 Å². The average molecular weight is 456 g/mol. The van der Waals surface area contributed by atoms with Crippen LogP contribution in [0.5, 0.6) is 0 Å². The molecule has 2 amide bonds. The molecule has 0 atom stereocenters. The maximum atomic E-state index is 12.4. The molecule has 0 aliphatic carbocycles. The summed E-state index contributed by atoms with van der Waals surface area (Å²) in [4.78, 5) is 26.2. The third-order valence-electron chi connectivity index (χ3n) is 4.06. The van der Waals surface area contributed by atoms with E-state index in [0.29, 0.717) is 21.4 Å². The van der Waals surface area contributed by atoms with Crippen molar-refractivity contribution in [3.63, 3.8) is 0 Å². The van der Waals surface area contributed by atoms with Crippen molar-refractivity contribution in [1.82, 2.24) is 14.8 Å². The second-order valence-electron chi connectivity index (χ2n) is 6.19. The van der Waals surface area contributed by atoms with Crippen molar-refractivity contribution in [2.45, 2.75) is 5.16 Å². The largest absolute Gasteiger partial charge is 0.325 e. The summed E-state index contributed by atoms with van der Waals surface area (Å²) in [7, 11) is 1.88. The molecule has 7 nitrogen and oxygen atoms in total. The fourth-order valence-corrected chi connectivity index (χ4v) is 4.74. The Bertz CT molecular complexity index is 1150. The molecule has 0 saturated carbocycles. The van der Waals surface area contributed by atoms with Crippen LogP contribution in [-0.2, 0) is 11.8 Å². The van der Waals surface area contributed by atoms with Crippen LogP contribution in [0.4, 0.5) is 11.4 Å². The van der Waals surface area contributed by atoms with E-state index in [1.807, 2.05) is 40.6 Å². The third-order valence-corrected chi connectivity index (χ3v) is 6.81. The van der Waals surface area contributed by atoms with Gasteiger partial charge in [0.15, 0.2) is 11.0 Å². The molecule has 3 heterocycles. The van der Waals surface area contributed by atoms with Crippen LogP contribution in [0.1, 0.15) is 9.67 Å². The van der Waals surface area contributed by atoms with Gasteiger partial charge in [-0.05, 0) is 41.1 Å². The van der Waals surface area contributed by atoms with Gasteiger partial charge >= 0.3 is 0 Å². The highest BCUT2D eigenvalue weighted by Gasteiger charge is 2.14. The van der Waals surface area contributed by atoms with Gasteiger partial charge in [0.05, 0.1) is 15.5 Å². The van der Waals surface area contributed by atoms with Crippen LogP contribution < -0.4 is 10.6 Å². The number of aromatic nitrogens is 3. The van der Waals surface area contributed by atoms with E-state index >= 15 is 0 Å². The quantitative estimate of drug-likeness (QED) is 0.398. The first-order chi connectivity index (χ1) is 14.6. The van der Waals surface area contributed by atoms with Crippen molar-refractivity contribution >= 4 is 57.6 Å². The molecular formula is C20H17N5O2S3. The summed E-state index contributed by atoms with van der Waals surface area (Å²) in [6.45, 7) is 0. The number of thioether (sulfide) groups is 1. The number of carbonyl (C=O) groups excluding carboxylic acids is 2. The van der Waals surface area contributed by atoms with Gasteiger partial charge in [0.25, 0.3) is 5.91 Å². The van der Waals surface area contributed by atoms with E-state index in [2.05, 4.69) is 20.8 Å². The fraction of sp³-hybridized carbons (Fsp3) is 0.100. The molecule has 4 aromatic rings. The lowest BCUT2D eigenvalue weighted by Crippen LogP contribution is -2.15. The molecule has 4 rings (SSSR count). The lowest BCUT2D eigenvalue weighted by Gasteiger charge is -2.08. The van der Waals surface area contributed by atoms with Gasteiger partial charge < -0.3 is 15.2 Å². The average Bonchev–Trinajstić information content (AvgIpc) is 3.49. The SMILES string of the molecule is Cn1c(SCC(=O)Nc2cccc(NC(=O)c3cccs3)c2)nnc1-c1cccs1. The summed E-state index contributed by atoms with van der Waals surface area (Å²) in [5.41, 5.74) is 1.23. The number of nitrogens with one attached hydrogen (secondary N) is 2. The first-order valence-corrected chi connectivity index (χ1v) is 11.7. The number of thiophene rings is 2. The van der Waals surface area contributed by atoms with Crippen LogP contribution in [0.2, 0.25) is 0 Å². The van der Waals surface area contributed by atoms with Crippen LogP contribution in [-0.4, -0.2) is 32.3 Å². The topological polar surface area (TPSA) is 88.9 Å². The van der Waals surface area contributed by atoms with Crippen LogP contribution in [0.3, 0.4) is 0 Å². The summed E-state index contributed by atoms with van der Waals surface area (Å²) >= 11 is 4.29. The van der Waals surface area contributed by atoms with Crippen molar-refractivity contribution in [3.05, 3.63) is 64.2 Å². The smallest absolute Gasteiger partial charge is 0.265 e. The summed E-state index contributed by atoms with van der Waals surface area (Å²) < 4.78 is 1.88. The fourth-order valence-electron chi connectivity index (χ4n) is 2.66. The number of rotatable bonds is 7. The molecule has 2 N–H and O–H groups in total. The standard InChI is InChI=1S/C20H17N5O2S3/c1-25-18(15-7-3-9-28-15)23-24-20(25)30-12-17(26)21-13-5-2-6-14(11-13)22-19(27)16-8-4-10-29-16/h2-11H,12H2,1H3,(H,21,26)(H,22,27). The van der Waals surface area contributed by atoms with Crippen LogP contribution in [0.15, 0.2) is 64.4 Å². The normalized spacial score (nSPS) is 10.7. The highest BCUT2D eigenvalue weighted by atomic mass is 32.2. The van der Waals surface area contributed by atoms with E-state index in [4.69, 9.17) is 0 Å². The molecule has 0 radical (unpaired) electrons. The van der Waals surface area contributed by atoms with Crippen molar-refractivity contribution in [2.75, 3.05) is 16.4 Å². The first-order valence-electron chi connectivity index (χ1n) is 8.91. The van der Waals surface area contributed by atoms with E-state index in [1.54, 1.807) is 41.7 Å². The number of anilines is 2. The van der Waals surface area contributed by atoms with Gasteiger partial charge in [-0.1, -0.05) is 30.0 Å². The summed E-state index contributed by atoms with van der Waals surface area (Å²) in [6.07, 6.45) is 0. The molecule has 0 saturated heterocycles. The molecule has 0 spiro atoms. The van der Waals surface area contributed by atoms with E-state index in [0.717, 1.165) is 10.7 Å².